The van der Waals surface area contributed by atoms with Gasteiger partial charge in [-0.3, -0.25) is 9.48 Å². The van der Waals surface area contributed by atoms with Gasteiger partial charge in [-0.15, -0.1) is 0 Å². The summed E-state index contributed by atoms with van der Waals surface area (Å²) in [6, 6.07) is 9.17. The Hall–Kier alpha value is -2.05. The Morgan fingerprint density at radius 3 is 2.84 bits per heavy atom. The Morgan fingerprint density at radius 2 is 2.16 bits per heavy atom. The molecule has 1 aliphatic rings. The lowest BCUT2D eigenvalue weighted by molar-refractivity contribution is -0.132. The van der Waals surface area contributed by atoms with Gasteiger partial charge in [-0.25, -0.2) is 0 Å². The van der Waals surface area contributed by atoms with Gasteiger partial charge < -0.3 is 15.4 Å². The van der Waals surface area contributed by atoms with Crippen molar-refractivity contribution in [3.8, 4) is 5.75 Å². The fourth-order valence-corrected chi connectivity index (χ4v) is 3.30. The summed E-state index contributed by atoms with van der Waals surface area (Å²) < 4.78 is 7.61. The number of halogens is 1. The van der Waals surface area contributed by atoms with E-state index in [1.165, 1.54) is 0 Å². The van der Waals surface area contributed by atoms with Crippen LogP contribution in [0.2, 0.25) is 5.02 Å². The number of para-hydroxylation sites is 1. The van der Waals surface area contributed by atoms with Gasteiger partial charge in [0.2, 0.25) is 5.91 Å². The zero-order chi connectivity index (χ0) is 17.7. The number of hydrogen-bond acceptors (Lipinski definition) is 4. The standard InChI is InChI=1S/C18H23ClN4O2/c1-14(25-16-6-3-2-5-15(16)19)13-21-17(24)18(7-10-20-11-8-18)23-12-4-9-22-23/h2-6,9,12,14,20H,7-8,10-11,13H2,1H3,(H,21,24). The number of nitrogens with zero attached hydrogens (tertiary/aromatic N) is 2. The van der Waals surface area contributed by atoms with Crippen LogP contribution < -0.4 is 15.4 Å². The van der Waals surface area contributed by atoms with E-state index >= 15 is 0 Å². The number of amides is 1. The molecule has 1 aromatic heterocycles. The zero-order valence-corrected chi connectivity index (χ0v) is 15.0. The lowest BCUT2D eigenvalue weighted by atomic mass is 9.87. The molecule has 3 rings (SSSR count). The molecule has 0 radical (unpaired) electrons. The van der Waals surface area contributed by atoms with Gasteiger partial charge in [0.25, 0.3) is 0 Å². The second kappa shape index (κ2) is 7.89. The molecular formula is C18H23ClN4O2. The van der Waals surface area contributed by atoms with E-state index in [4.69, 9.17) is 16.3 Å². The highest BCUT2D eigenvalue weighted by molar-refractivity contribution is 6.32. The molecule has 0 bridgehead atoms. The number of piperidine rings is 1. The molecule has 2 N–H and O–H groups in total. The molecule has 1 amide bonds. The monoisotopic (exact) mass is 362 g/mol. The summed E-state index contributed by atoms with van der Waals surface area (Å²) in [6.45, 7) is 3.89. The maximum Gasteiger partial charge on any atom is 0.248 e. The predicted octanol–water partition coefficient (Wildman–Crippen LogP) is 2.20. The first kappa shape index (κ1) is 17.8. The minimum Gasteiger partial charge on any atom is -0.487 e. The first-order valence-electron chi connectivity index (χ1n) is 8.52. The number of hydrogen-bond donors (Lipinski definition) is 2. The van der Waals surface area contributed by atoms with Crippen LogP contribution >= 0.6 is 11.6 Å². The van der Waals surface area contributed by atoms with Gasteiger partial charge in [0.1, 0.15) is 17.4 Å². The van der Waals surface area contributed by atoms with E-state index in [1.54, 1.807) is 16.9 Å². The number of benzene rings is 1. The number of ether oxygens (including phenoxy) is 1. The lowest BCUT2D eigenvalue weighted by Gasteiger charge is -2.36. The van der Waals surface area contributed by atoms with Crippen LogP contribution in [0, 0.1) is 0 Å². The average Bonchev–Trinajstić information content (AvgIpc) is 3.17. The Morgan fingerprint density at radius 1 is 1.40 bits per heavy atom. The largest absolute Gasteiger partial charge is 0.487 e. The van der Waals surface area contributed by atoms with Crippen LogP contribution in [0.3, 0.4) is 0 Å². The molecule has 1 atom stereocenters. The summed E-state index contributed by atoms with van der Waals surface area (Å²) in [4.78, 5) is 13.0. The molecule has 0 aliphatic carbocycles. The normalized spacial score (nSPS) is 17.7. The molecule has 1 fully saturated rings. The smallest absolute Gasteiger partial charge is 0.248 e. The molecule has 1 saturated heterocycles. The van der Waals surface area contributed by atoms with Crippen molar-refractivity contribution in [1.29, 1.82) is 0 Å². The molecular weight excluding hydrogens is 340 g/mol. The second-order valence-corrected chi connectivity index (χ2v) is 6.71. The van der Waals surface area contributed by atoms with Gasteiger partial charge in [-0.05, 0) is 51.1 Å². The van der Waals surface area contributed by atoms with Crippen LogP contribution in [0.25, 0.3) is 0 Å². The minimum atomic E-state index is -0.640. The minimum absolute atomic E-state index is 0.0210. The van der Waals surface area contributed by atoms with Crippen molar-refractivity contribution in [2.75, 3.05) is 19.6 Å². The van der Waals surface area contributed by atoms with E-state index in [1.807, 2.05) is 37.4 Å². The summed E-state index contributed by atoms with van der Waals surface area (Å²) in [5, 5.41) is 11.2. The van der Waals surface area contributed by atoms with Gasteiger partial charge in [0.05, 0.1) is 11.6 Å². The van der Waals surface area contributed by atoms with Gasteiger partial charge in [-0.1, -0.05) is 23.7 Å². The van der Waals surface area contributed by atoms with E-state index < -0.39 is 5.54 Å². The third-order valence-corrected chi connectivity index (χ3v) is 4.82. The lowest BCUT2D eigenvalue weighted by Crippen LogP contribution is -2.55. The van der Waals surface area contributed by atoms with Crippen molar-refractivity contribution in [2.24, 2.45) is 0 Å². The highest BCUT2D eigenvalue weighted by atomic mass is 35.5. The molecule has 0 saturated carbocycles. The quantitative estimate of drug-likeness (QED) is 0.826. The molecule has 7 heteroatoms. The Bertz CT molecular complexity index is 699. The van der Waals surface area contributed by atoms with Crippen molar-refractivity contribution in [3.63, 3.8) is 0 Å². The highest BCUT2D eigenvalue weighted by Gasteiger charge is 2.41. The van der Waals surface area contributed by atoms with Gasteiger partial charge in [0.15, 0.2) is 0 Å². The SMILES string of the molecule is CC(CNC(=O)C1(n2cccn2)CCNCC1)Oc1ccccc1Cl. The Labute approximate surface area is 152 Å². The maximum absolute atomic E-state index is 13.0. The van der Waals surface area contributed by atoms with Crippen LogP contribution in [-0.2, 0) is 10.3 Å². The van der Waals surface area contributed by atoms with Gasteiger partial charge >= 0.3 is 0 Å². The summed E-state index contributed by atoms with van der Waals surface area (Å²) in [5.41, 5.74) is -0.640. The molecule has 2 aromatic rings. The number of nitrogens with one attached hydrogen (secondary N) is 2. The van der Waals surface area contributed by atoms with Crippen LogP contribution in [0.5, 0.6) is 5.75 Å². The number of rotatable bonds is 6. The first-order chi connectivity index (χ1) is 12.1. The van der Waals surface area contributed by atoms with Crippen LogP contribution in [-0.4, -0.2) is 41.4 Å². The van der Waals surface area contributed by atoms with E-state index in [-0.39, 0.29) is 12.0 Å². The molecule has 2 heterocycles. The maximum atomic E-state index is 13.0. The molecule has 1 unspecified atom stereocenters. The first-order valence-corrected chi connectivity index (χ1v) is 8.90. The third kappa shape index (κ3) is 3.96. The Kier molecular flexibility index (Phi) is 5.60. The molecule has 1 aromatic carbocycles. The van der Waals surface area contributed by atoms with Crippen LogP contribution in [0.1, 0.15) is 19.8 Å². The molecule has 6 nitrogen and oxygen atoms in total. The van der Waals surface area contributed by atoms with E-state index in [0.717, 1.165) is 13.1 Å². The average molecular weight is 363 g/mol. The Balaban J connectivity index is 1.63. The molecule has 1 aliphatic heterocycles. The number of carbonyl (C=O) groups excluding carboxylic acids is 1. The van der Waals surface area contributed by atoms with Crippen LogP contribution in [0.4, 0.5) is 0 Å². The fourth-order valence-electron chi connectivity index (χ4n) is 3.12. The van der Waals surface area contributed by atoms with Gasteiger partial charge in [-0.2, -0.15) is 5.10 Å². The third-order valence-electron chi connectivity index (χ3n) is 4.51. The van der Waals surface area contributed by atoms with E-state index in [9.17, 15) is 4.79 Å². The predicted molar refractivity (Wildman–Crippen MR) is 96.9 cm³/mol. The molecule has 134 valence electrons. The molecule has 0 spiro atoms. The summed E-state index contributed by atoms with van der Waals surface area (Å²) in [7, 11) is 0. The van der Waals surface area contributed by atoms with Crippen LogP contribution in [0.15, 0.2) is 42.7 Å². The van der Waals surface area contributed by atoms with Crippen molar-refractivity contribution < 1.29 is 9.53 Å². The van der Waals surface area contributed by atoms with Crippen molar-refractivity contribution in [1.82, 2.24) is 20.4 Å². The number of aromatic nitrogens is 2. The van der Waals surface area contributed by atoms with Crippen molar-refractivity contribution in [2.45, 2.75) is 31.4 Å². The topological polar surface area (TPSA) is 68.2 Å². The van der Waals surface area contributed by atoms with Crippen molar-refractivity contribution in [3.05, 3.63) is 47.7 Å². The summed E-state index contributed by atoms with van der Waals surface area (Å²) in [5.74, 6) is 0.599. The zero-order valence-electron chi connectivity index (χ0n) is 14.2. The van der Waals surface area contributed by atoms with Gasteiger partial charge in [0, 0.05) is 12.4 Å². The summed E-state index contributed by atoms with van der Waals surface area (Å²) >= 11 is 6.11. The van der Waals surface area contributed by atoms with Crippen molar-refractivity contribution >= 4 is 17.5 Å². The van der Waals surface area contributed by atoms with E-state index in [0.29, 0.717) is 30.2 Å². The summed E-state index contributed by atoms with van der Waals surface area (Å²) in [6.07, 6.45) is 4.79. The number of carbonyl (C=O) groups is 1. The fraction of sp³-hybridized carbons (Fsp3) is 0.444. The van der Waals surface area contributed by atoms with E-state index in [2.05, 4.69) is 15.7 Å². The molecule has 25 heavy (non-hydrogen) atoms. The highest BCUT2D eigenvalue weighted by Crippen LogP contribution is 2.27. The second-order valence-electron chi connectivity index (χ2n) is 6.30.